The molecule has 0 bridgehead atoms. The molecule has 1 saturated carbocycles. The Morgan fingerprint density at radius 2 is 1.85 bits per heavy atom. The lowest BCUT2D eigenvalue weighted by Gasteiger charge is -2.49. The molecular formula is C18H16BrCl2NO4S. The molecule has 3 rings (SSSR count). The molecule has 0 aliphatic heterocycles. The van der Waals surface area contributed by atoms with Gasteiger partial charge in [0.2, 0.25) is 10.0 Å². The van der Waals surface area contributed by atoms with Gasteiger partial charge in [0.05, 0.1) is 20.5 Å². The van der Waals surface area contributed by atoms with E-state index >= 15 is 0 Å². The highest BCUT2D eigenvalue weighted by atomic mass is 79.9. The average molecular weight is 493 g/mol. The summed E-state index contributed by atoms with van der Waals surface area (Å²) in [7, 11) is -4.12. The molecule has 2 aromatic carbocycles. The van der Waals surface area contributed by atoms with Crippen LogP contribution in [0.5, 0.6) is 0 Å². The molecule has 0 heterocycles. The molecule has 1 aliphatic rings. The van der Waals surface area contributed by atoms with E-state index in [0.29, 0.717) is 12.8 Å². The summed E-state index contributed by atoms with van der Waals surface area (Å²) in [6, 6.07) is 11.3. The fraction of sp³-hybridized carbons (Fsp3) is 0.278. The Kier molecular flexibility index (Phi) is 5.89. The highest BCUT2D eigenvalue weighted by molar-refractivity contribution is 9.10. The van der Waals surface area contributed by atoms with Gasteiger partial charge in [0, 0.05) is 4.47 Å². The predicted octanol–water partition coefficient (Wildman–Crippen LogP) is 4.91. The number of benzene rings is 2. The van der Waals surface area contributed by atoms with Gasteiger partial charge in [-0.15, -0.1) is 0 Å². The number of hydrogen-bond donors (Lipinski definition) is 1. The molecule has 1 fully saturated rings. The molecular weight excluding hydrogens is 477 g/mol. The van der Waals surface area contributed by atoms with Crippen molar-refractivity contribution in [3.8, 4) is 0 Å². The third kappa shape index (κ3) is 3.89. The first-order valence-corrected chi connectivity index (χ1v) is 11.1. The van der Waals surface area contributed by atoms with Crippen LogP contribution in [0.1, 0.15) is 24.8 Å². The molecule has 5 nitrogen and oxygen atoms in total. The maximum Gasteiger partial charge on any atom is 0.318 e. The zero-order valence-electron chi connectivity index (χ0n) is 14.0. The van der Waals surface area contributed by atoms with Gasteiger partial charge in [-0.1, -0.05) is 51.3 Å². The van der Waals surface area contributed by atoms with Crippen molar-refractivity contribution >= 4 is 55.1 Å². The molecule has 9 heteroatoms. The highest BCUT2D eigenvalue weighted by Crippen LogP contribution is 2.49. The quantitative estimate of drug-likeness (QED) is 0.621. The summed E-state index contributed by atoms with van der Waals surface area (Å²) in [6.45, 7) is -0.644. The third-order valence-electron chi connectivity index (χ3n) is 4.78. The Hall–Kier alpha value is -1.12. The molecule has 144 valence electrons. The van der Waals surface area contributed by atoms with Crippen LogP contribution in [0.2, 0.25) is 10.0 Å². The average Bonchev–Trinajstić information content (AvgIpc) is 2.55. The van der Waals surface area contributed by atoms with Gasteiger partial charge in [0.15, 0.2) is 0 Å². The van der Waals surface area contributed by atoms with E-state index in [2.05, 4.69) is 15.9 Å². The zero-order valence-corrected chi connectivity index (χ0v) is 17.9. The summed E-state index contributed by atoms with van der Waals surface area (Å²) in [5.41, 5.74) is -0.152. The Balaban J connectivity index is 2.15. The molecule has 1 N–H and O–H groups in total. The van der Waals surface area contributed by atoms with Crippen molar-refractivity contribution in [3.63, 3.8) is 0 Å². The highest BCUT2D eigenvalue weighted by Gasteiger charge is 2.50. The van der Waals surface area contributed by atoms with Gasteiger partial charge in [-0.25, -0.2) is 8.42 Å². The van der Waals surface area contributed by atoms with Crippen molar-refractivity contribution < 1.29 is 18.3 Å². The fourth-order valence-corrected chi connectivity index (χ4v) is 5.88. The van der Waals surface area contributed by atoms with Crippen molar-refractivity contribution in [3.05, 3.63) is 62.5 Å². The van der Waals surface area contributed by atoms with Gasteiger partial charge in [-0.3, -0.25) is 4.79 Å². The number of carboxylic acid groups (broad SMARTS) is 1. The lowest BCUT2D eigenvalue weighted by Crippen LogP contribution is -2.55. The maximum atomic E-state index is 13.4. The first-order valence-electron chi connectivity index (χ1n) is 8.12. The third-order valence-corrected chi connectivity index (χ3v) is 7.92. The first-order chi connectivity index (χ1) is 12.7. The summed E-state index contributed by atoms with van der Waals surface area (Å²) < 4.78 is 28.6. The number of carbonyl (C=O) groups is 1. The topological polar surface area (TPSA) is 74.7 Å². The molecule has 2 aromatic rings. The van der Waals surface area contributed by atoms with Crippen LogP contribution in [0.3, 0.4) is 0 Å². The van der Waals surface area contributed by atoms with Crippen molar-refractivity contribution in [1.29, 1.82) is 0 Å². The Morgan fingerprint density at radius 1 is 1.15 bits per heavy atom. The van der Waals surface area contributed by atoms with E-state index in [1.54, 1.807) is 0 Å². The molecule has 1 aliphatic carbocycles. The number of halogens is 3. The Labute approximate surface area is 176 Å². The van der Waals surface area contributed by atoms with Gasteiger partial charge in [-0.2, -0.15) is 4.31 Å². The summed E-state index contributed by atoms with van der Waals surface area (Å²) in [6.07, 6.45) is 1.88. The van der Waals surface area contributed by atoms with Gasteiger partial charge in [-0.05, 0) is 55.2 Å². The van der Waals surface area contributed by atoms with E-state index in [0.717, 1.165) is 20.8 Å². The zero-order chi connectivity index (χ0) is 19.8. The Morgan fingerprint density at radius 3 is 2.37 bits per heavy atom. The maximum absolute atomic E-state index is 13.4. The summed E-state index contributed by atoms with van der Waals surface area (Å²) in [5, 5.41) is 9.74. The van der Waals surface area contributed by atoms with Crippen molar-refractivity contribution in [2.45, 2.75) is 29.7 Å². The monoisotopic (exact) mass is 491 g/mol. The predicted molar refractivity (Wildman–Crippen MR) is 108 cm³/mol. The van der Waals surface area contributed by atoms with Crippen LogP contribution in [0, 0.1) is 0 Å². The van der Waals surface area contributed by atoms with Crippen molar-refractivity contribution in [2.75, 3.05) is 6.54 Å². The summed E-state index contributed by atoms with van der Waals surface area (Å²) in [4.78, 5) is 11.4. The van der Waals surface area contributed by atoms with E-state index in [4.69, 9.17) is 23.2 Å². The van der Waals surface area contributed by atoms with Crippen LogP contribution in [-0.4, -0.2) is 30.3 Å². The van der Waals surface area contributed by atoms with E-state index in [-0.39, 0.29) is 14.9 Å². The SMILES string of the molecule is O=C(O)CN(C1(c2cccc(Br)c2)CCC1)S(=O)(=O)c1ccc(Cl)c(Cl)c1. The van der Waals surface area contributed by atoms with Gasteiger partial charge in [0.1, 0.15) is 6.54 Å². The second kappa shape index (κ2) is 7.72. The molecule has 0 atom stereocenters. The van der Waals surface area contributed by atoms with Crippen LogP contribution in [0.4, 0.5) is 0 Å². The number of hydrogen-bond acceptors (Lipinski definition) is 3. The van der Waals surface area contributed by atoms with Gasteiger partial charge in [0.25, 0.3) is 0 Å². The normalized spacial score (nSPS) is 16.1. The molecule has 0 radical (unpaired) electrons. The second-order valence-electron chi connectivity index (χ2n) is 6.38. The number of aliphatic carboxylic acids is 1. The van der Waals surface area contributed by atoms with Gasteiger partial charge >= 0.3 is 5.97 Å². The van der Waals surface area contributed by atoms with E-state index in [1.807, 2.05) is 24.3 Å². The molecule has 27 heavy (non-hydrogen) atoms. The van der Waals surface area contributed by atoms with Crippen molar-refractivity contribution in [1.82, 2.24) is 4.31 Å². The van der Waals surface area contributed by atoms with Gasteiger partial charge < -0.3 is 5.11 Å². The van der Waals surface area contributed by atoms with Crippen LogP contribution in [0.25, 0.3) is 0 Å². The lowest BCUT2D eigenvalue weighted by atomic mass is 9.71. The Bertz CT molecular complexity index is 993. The van der Waals surface area contributed by atoms with E-state index < -0.39 is 28.1 Å². The lowest BCUT2D eigenvalue weighted by molar-refractivity contribution is -0.139. The second-order valence-corrected chi connectivity index (χ2v) is 9.97. The number of sulfonamides is 1. The molecule has 0 aromatic heterocycles. The minimum Gasteiger partial charge on any atom is -0.480 e. The largest absolute Gasteiger partial charge is 0.480 e. The first kappa shape index (κ1) is 20.6. The molecule has 0 unspecified atom stereocenters. The van der Waals surface area contributed by atoms with Crippen LogP contribution < -0.4 is 0 Å². The molecule has 0 spiro atoms. The van der Waals surface area contributed by atoms with E-state index in [9.17, 15) is 18.3 Å². The fourth-order valence-electron chi connectivity index (χ4n) is 3.33. The molecule has 0 saturated heterocycles. The van der Waals surface area contributed by atoms with Crippen LogP contribution in [0.15, 0.2) is 51.8 Å². The molecule has 0 amide bonds. The summed E-state index contributed by atoms with van der Waals surface area (Å²) in [5.74, 6) is -1.22. The minimum absolute atomic E-state index is 0.0839. The minimum atomic E-state index is -4.12. The van der Waals surface area contributed by atoms with E-state index in [1.165, 1.54) is 18.2 Å². The number of nitrogens with zero attached hydrogens (tertiary/aromatic N) is 1. The van der Waals surface area contributed by atoms with Crippen LogP contribution >= 0.6 is 39.1 Å². The smallest absolute Gasteiger partial charge is 0.318 e. The number of carboxylic acids is 1. The summed E-state index contributed by atoms with van der Waals surface area (Å²) >= 11 is 15.3. The van der Waals surface area contributed by atoms with Crippen LogP contribution in [-0.2, 0) is 20.4 Å². The van der Waals surface area contributed by atoms with Crippen molar-refractivity contribution in [2.24, 2.45) is 0 Å². The standard InChI is InChI=1S/C18H16BrCl2NO4S/c19-13-4-1-3-12(9-13)18(7-2-8-18)22(11-17(23)24)27(25,26)14-5-6-15(20)16(21)10-14/h1,3-6,9-10H,2,7-8,11H2,(H,23,24). The number of rotatable bonds is 6.